The van der Waals surface area contributed by atoms with Crippen molar-refractivity contribution in [1.82, 2.24) is 25.0 Å². The second-order valence-electron chi connectivity index (χ2n) is 9.31. The molecule has 9 heteroatoms. The van der Waals surface area contributed by atoms with Crippen LogP contribution in [0, 0.1) is 0 Å². The predicted octanol–water partition coefficient (Wildman–Crippen LogP) is 2.91. The molecule has 9 nitrogen and oxygen atoms in total. The minimum atomic E-state index is -1.14. The van der Waals surface area contributed by atoms with E-state index in [1.54, 1.807) is 33.4 Å². The molecule has 0 radical (unpaired) electrons. The molecule has 0 saturated carbocycles. The molecule has 1 fully saturated rings. The van der Waals surface area contributed by atoms with Crippen LogP contribution in [0.25, 0.3) is 10.9 Å². The monoisotopic (exact) mass is 479 g/mol. The third-order valence-corrected chi connectivity index (χ3v) is 6.11. The molecule has 0 bridgehead atoms. The van der Waals surface area contributed by atoms with Gasteiger partial charge < -0.3 is 19.7 Å². The Morgan fingerprint density at radius 1 is 1.23 bits per heavy atom. The summed E-state index contributed by atoms with van der Waals surface area (Å²) >= 11 is 0. The number of carbonyl (C=O) groups is 2. The van der Waals surface area contributed by atoms with Crippen LogP contribution in [0.4, 0.5) is 0 Å². The molecule has 35 heavy (non-hydrogen) atoms. The molecular formula is C26H33N5O4. The maximum absolute atomic E-state index is 13.0. The maximum atomic E-state index is 13.0. The first-order valence-electron chi connectivity index (χ1n) is 12.0. The van der Waals surface area contributed by atoms with Crippen LogP contribution in [0.2, 0.25) is 0 Å². The molecule has 1 aliphatic heterocycles. The van der Waals surface area contributed by atoms with Gasteiger partial charge >= 0.3 is 0 Å². The summed E-state index contributed by atoms with van der Waals surface area (Å²) in [6.07, 6.45) is 5.79. The van der Waals surface area contributed by atoms with Crippen LogP contribution in [0.3, 0.4) is 0 Å². The first-order chi connectivity index (χ1) is 16.9. The first kappa shape index (κ1) is 24.7. The number of pyridine rings is 1. The molecule has 0 aliphatic carbocycles. The van der Waals surface area contributed by atoms with E-state index in [0.717, 1.165) is 35.0 Å². The van der Waals surface area contributed by atoms with Crippen LogP contribution in [0.5, 0.6) is 5.88 Å². The van der Waals surface area contributed by atoms with Gasteiger partial charge in [-0.1, -0.05) is 12.1 Å². The Morgan fingerprint density at radius 2 is 2.09 bits per heavy atom. The molecular weight excluding hydrogens is 446 g/mol. The Balaban J connectivity index is 1.48. The molecule has 0 atom stereocenters. The van der Waals surface area contributed by atoms with Gasteiger partial charge in [-0.15, -0.1) is 5.10 Å². The summed E-state index contributed by atoms with van der Waals surface area (Å²) in [5, 5.41) is 8.47. The molecule has 2 aromatic heterocycles. The molecule has 2 amide bonds. The smallest absolute Gasteiger partial charge is 0.263 e. The van der Waals surface area contributed by atoms with E-state index in [4.69, 9.17) is 14.6 Å². The van der Waals surface area contributed by atoms with Gasteiger partial charge in [0, 0.05) is 45.6 Å². The number of aromatic nitrogens is 3. The number of likely N-dealkylation sites (tertiary alicyclic amines) is 1. The summed E-state index contributed by atoms with van der Waals surface area (Å²) in [6.45, 7) is 6.40. The standard InChI is InChI=1S/C26H33N5O4/c1-26(2,25(33)28-12-6-14-30-13-5-8-23(30)32)35-24-21-15-19(18-34-3)9-10-22(21)31(29-24)17-20-7-4-11-27-16-20/h4,7,9-11,15-16H,5-6,8,12-14,17-18H2,1-3H3,(H,28,33). The van der Waals surface area contributed by atoms with Gasteiger partial charge in [-0.3, -0.25) is 19.3 Å². The number of nitrogens with zero attached hydrogens (tertiary/aromatic N) is 4. The number of methoxy groups -OCH3 is 1. The van der Waals surface area contributed by atoms with E-state index in [2.05, 4.69) is 10.3 Å². The van der Waals surface area contributed by atoms with Crippen LogP contribution in [-0.4, -0.2) is 63.8 Å². The average Bonchev–Trinajstić information content (AvgIpc) is 3.40. The van der Waals surface area contributed by atoms with Crippen molar-refractivity contribution >= 4 is 22.7 Å². The topological polar surface area (TPSA) is 98.6 Å². The lowest BCUT2D eigenvalue weighted by molar-refractivity contribution is -0.134. The predicted molar refractivity (Wildman–Crippen MR) is 132 cm³/mol. The zero-order valence-electron chi connectivity index (χ0n) is 20.6. The Hall–Kier alpha value is -3.46. The van der Waals surface area contributed by atoms with Crippen molar-refractivity contribution in [3.8, 4) is 5.88 Å². The third-order valence-electron chi connectivity index (χ3n) is 6.11. The van der Waals surface area contributed by atoms with Crippen molar-refractivity contribution in [2.75, 3.05) is 26.7 Å². The number of nitrogens with one attached hydrogen (secondary N) is 1. The average molecular weight is 480 g/mol. The van der Waals surface area contributed by atoms with Crippen molar-refractivity contribution in [2.24, 2.45) is 0 Å². The molecule has 1 aliphatic rings. The Morgan fingerprint density at radius 3 is 2.80 bits per heavy atom. The van der Waals surface area contributed by atoms with E-state index in [1.165, 1.54) is 0 Å². The van der Waals surface area contributed by atoms with E-state index < -0.39 is 5.60 Å². The zero-order chi connectivity index (χ0) is 24.8. The number of amides is 2. The summed E-state index contributed by atoms with van der Waals surface area (Å²) in [4.78, 5) is 30.7. The lowest BCUT2D eigenvalue weighted by Gasteiger charge is -2.24. The van der Waals surface area contributed by atoms with Gasteiger partial charge in [0.1, 0.15) is 0 Å². The third kappa shape index (κ3) is 5.97. The minimum Gasteiger partial charge on any atom is -0.460 e. The van der Waals surface area contributed by atoms with Gasteiger partial charge in [-0.2, -0.15) is 0 Å². The summed E-state index contributed by atoms with van der Waals surface area (Å²) in [5.41, 5.74) is 1.76. The maximum Gasteiger partial charge on any atom is 0.263 e. The molecule has 186 valence electrons. The molecule has 3 heterocycles. The highest BCUT2D eigenvalue weighted by molar-refractivity contribution is 5.88. The fourth-order valence-electron chi connectivity index (χ4n) is 4.23. The van der Waals surface area contributed by atoms with Gasteiger partial charge in [0.05, 0.1) is 24.1 Å². The van der Waals surface area contributed by atoms with Crippen molar-refractivity contribution in [3.63, 3.8) is 0 Å². The van der Waals surface area contributed by atoms with E-state index in [0.29, 0.717) is 45.0 Å². The van der Waals surface area contributed by atoms with Crippen LogP contribution in [0.1, 0.15) is 44.2 Å². The second-order valence-corrected chi connectivity index (χ2v) is 9.31. The number of benzene rings is 1. The van der Waals surface area contributed by atoms with Crippen molar-refractivity contribution in [2.45, 2.75) is 51.9 Å². The number of rotatable bonds is 11. The largest absolute Gasteiger partial charge is 0.460 e. The quantitative estimate of drug-likeness (QED) is 0.425. The van der Waals surface area contributed by atoms with E-state index in [1.807, 2.05) is 39.9 Å². The van der Waals surface area contributed by atoms with Crippen molar-refractivity contribution < 1.29 is 19.1 Å². The van der Waals surface area contributed by atoms with Gasteiger partial charge in [0.15, 0.2) is 5.60 Å². The van der Waals surface area contributed by atoms with E-state index >= 15 is 0 Å². The molecule has 4 rings (SSSR count). The van der Waals surface area contributed by atoms with Crippen LogP contribution in [-0.2, 0) is 27.5 Å². The van der Waals surface area contributed by atoms with Crippen molar-refractivity contribution in [1.29, 1.82) is 0 Å². The molecule has 1 saturated heterocycles. The minimum absolute atomic E-state index is 0.196. The summed E-state index contributed by atoms with van der Waals surface area (Å²) in [6, 6.07) is 9.87. The zero-order valence-corrected chi connectivity index (χ0v) is 20.6. The first-order valence-corrected chi connectivity index (χ1v) is 12.0. The molecule has 0 spiro atoms. The highest BCUT2D eigenvalue weighted by Gasteiger charge is 2.32. The summed E-state index contributed by atoms with van der Waals surface area (Å²) in [5.74, 6) is 0.361. The van der Waals surface area contributed by atoms with Crippen LogP contribution in [0.15, 0.2) is 42.7 Å². The number of hydrogen-bond donors (Lipinski definition) is 1. The van der Waals surface area contributed by atoms with Gasteiger partial charge in [-0.05, 0) is 56.0 Å². The van der Waals surface area contributed by atoms with E-state index in [-0.39, 0.29) is 11.8 Å². The van der Waals surface area contributed by atoms with Crippen LogP contribution >= 0.6 is 0 Å². The molecule has 1 aromatic carbocycles. The fourth-order valence-corrected chi connectivity index (χ4v) is 4.23. The van der Waals surface area contributed by atoms with Crippen molar-refractivity contribution in [3.05, 3.63) is 53.9 Å². The number of ether oxygens (including phenoxy) is 2. The summed E-state index contributed by atoms with van der Waals surface area (Å²) < 4.78 is 13.4. The molecule has 3 aromatic rings. The normalized spacial score (nSPS) is 14.0. The van der Waals surface area contributed by atoms with Gasteiger partial charge in [0.25, 0.3) is 5.91 Å². The molecule has 0 unspecified atom stereocenters. The second kappa shape index (κ2) is 10.9. The Kier molecular flexibility index (Phi) is 7.65. The fraction of sp³-hybridized carbons (Fsp3) is 0.462. The lowest BCUT2D eigenvalue weighted by atomic mass is 10.1. The summed E-state index contributed by atoms with van der Waals surface area (Å²) in [7, 11) is 1.65. The molecule has 1 N–H and O–H groups in total. The SMILES string of the molecule is COCc1ccc2c(c1)c(OC(C)(C)C(=O)NCCCN1CCCC1=O)nn2Cc1cccnc1. The highest BCUT2D eigenvalue weighted by Crippen LogP contribution is 2.30. The number of carbonyl (C=O) groups excluding carboxylic acids is 2. The Bertz CT molecular complexity index is 1180. The lowest BCUT2D eigenvalue weighted by Crippen LogP contribution is -2.47. The number of hydrogen-bond acceptors (Lipinski definition) is 6. The van der Waals surface area contributed by atoms with Gasteiger partial charge in [-0.25, -0.2) is 0 Å². The number of fused-ring (bicyclic) bond motifs is 1. The van der Waals surface area contributed by atoms with Crippen LogP contribution < -0.4 is 10.1 Å². The van der Waals surface area contributed by atoms with Gasteiger partial charge in [0.2, 0.25) is 11.8 Å². The Labute approximate surface area is 205 Å². The highest BCUT2D eigenvalue weighted by atomic mass is 16.5. The van der Waals surface area contributed by atoms with E-state index in [9.17, 15) is 9.59 Å².